The Hall–Kier alpha value is -3.92. The molecule has 31 heavy (non-hydrogen) atoms. The fraction of sp³-hybridized carbons (Fsp3) is 0.0952. The number of nitrogens with one attached hydrogen (secondary N) is 1. The van der Waals surface area contributed by atoms with Gasteiger partial charge >= 0.3 is 0 Å². The summed E-state index contributed by atoms with van der Waals surface area (Å²) in [5.74, 6) is -0.899. The van der Waals surface area contributed by atoms with E-state index in [0.717, 1.165) is 6.92 Å². The van der Waals surface area contributed by atoms with E-state index in [-0.39, 0.29) is 17.2 Å². The van der Waals surface area contributed by atoms with E-state index in [0.29, 0.717) is 17.0 Å². The molecule has 0 aliphatic rings. The number of carboxylic acid groups (broad SMARTS) is 1. The maximum atomic E-state index is 12.5. The molecule has 10 heteroatoms. The van der Waals surface area contributed by atoms with Gasteiger partial charge in [-0.3, -0.25) is 14.8 Å². The summed E-state index contributed by atoms with van der Waals surface area (Å²) in [6, 6.07) is 21.0. The highest BCUT2D eigenvalue weighted by atomic mass is 32.2. The van der Waals surface area contributed by atoms with Crippen LogP contribution in [-0.2, 0) is 20.6 Å². The number of ether oxygens (including phenoxy) is 1. The molecule has 0 aliphatic carbocycles. The van der Waals surface area contributed by atoms with Gasteiger partial charge in [-0.05, 0) is 37.3 Å². The molecule has 0 saturated heterocycles. The number of carbonyl (C=O) groups is 1. The quantitative estimate of drug-likeness (QED) is 0.437. The van der Waals surface area contributed by atoms with E-state index in [1.807, 2.05) is 0 Å². The number of para-hydroxylation sites is 2. The third-order valence-corrected chi connectivity index (χ3v) is 4.86. The van der Waals surface area contributed by atoms with E-state index < -0.39 is 20.9 Å². The van der Waals surface area contributed by atoms with E-state index in [1.165, 1.54) is 18.2 Å². The molecule has 0 heterocycles. The number of nitrogens with zero attached hydrogens (tertiary/aromatic N) is 1. The first-order chi connectivity index (χ1) is 14.7. The first-order valence-corrected chi connectivity index (χ1v) is 10.5. The monoisotopic (exact) mass is 443 g/mol. The van der Waals surface area contributed by atoms with Crippen LogP contribution in [0.4, 0.5) is 11.4 Å². The molecule has 0 bridgehead atoms. The number of nitro benzene ring substituents is 1. The number of rotatable bonds is 7. The topological polar surface area (TPSA) is 139 Å². The van der Waals surface area contributed by atoms with Crippen molar-refractivity contribution in [2.24, 2.45) is 0 Å². The number of sulfonamides is 1. The van der Waals surface area contributed by atoms with E-state index in [9.17, 15) is 18.5 Å². The van der Waals surface area contributed by atoms with E-state index in [1.54, 1.807) is 60.7 Å². The van der Waals surface area contributed by atoms with Gasteiger partial charge in [-0.15, -0.1) is 0 Å². The maximum Gasteiger partial charge on any atom is 0.273 e. The maximum absolute atomic E-state index is 12.5. The summed E-state index contributed by atoms with van der Waals surface area (Å²) < 4.78 is 33.2. The Morgan fingerprint density at radius 2 is 1.55 bits per heavy atom. The molecule has 0 unspecified atom stereocenters. The second kappa shape index (κ2) is 10.7. The predicted octanol–water partition coefficient (Wildman–Crippen LogP) is 3.09. The molecule has 0 spiro atoms. The van der Waals surface area contributed by atoms with Gasteiger partial charge in [0.25, 0.3) is 5.69 Å². The van der Waals surface area contributed by atoms with E-state index in [2.05, 4.69) is 4.72 Å². The SMILES string of the molecule is CC(=O)[O-].O=[N+]([O-])c1ccc(CS(=O)(=O)Nc2ccccc2)c(Oc2ccccc2)c1. The zero-order valence-electron chi connectivity index (χ0n) is 16.4. The number of aliphatic carboxylic acids is 1. The zero-order valence-corrected chi connectivity index (χ0v) is 17.2. The van der Waals surface area contributed by atoms with Gasteiger partial charge in [0, 0.05) is 23.3 Å². The second-order valence-corrected chi connectivity index (χ2v) is 7.91. The molecule has 0 fully saturated rings. The van der Waals surface area contributed by atoms with Crippen molar-refractivity contribution in [1.29, 1.82) is 0 Å². The smallest absolute Gasteiger partial charge is 0.273 e. The van der Waals surface area contributed by atoms with Crippen molar-refractivity contribution in [2.75, 3.05) is 4.72 Å². The first kappa shape index (κ1) is 23.4. The zero-order chi connectivity index (χ0) is 22.9. The molecule has 162 valence electrons. The summed E-state index contributed by atoms with van der Waals surface area (Å²) in [6.07, 6.45) is 0. The van der Waals surface area contributed by atoms with Crippen LogP contribution in [0.1, 0.15) is 12.5 Å². The largest absolute Gasteiger partial charge is 0.550 e. The third-order valence-electron chi connectivity index (χ3n) is 3.63. The van der Waals surface area contributed by atoms with Gasteiger partial charge in [-0.25, -0.2) is 8.42 Å². The van der Waals surface area contributed by atoms with Crippen LogP contribution in [0, 0.1) is 10.1 Å². The second-order valence-electron chi connectivity index (χ2n) is 6.18. The van der Waals surface area contributed by atoms with Gasteiger partial charge in [-0.2, -0.15) is 0 Å². The van der Waals surface area contributed by atoms with Crippen molar-refractivity contribution >= 4 is 27.4 Å². The highest BCUT2D eigenvalue weighted by molar-refractivity contribution is 7.91. The molecule has 0 aliphatic heterocycles. The van der Waals surface area contributed by atoms with Crippen molar-refractivity contribution in [3.63, 3.8) is 0 Å². The van der Waals surface area contributed by atoms with Crippen LogP contribution in [0.15, 0.2) is 78.9 Å². The Balaban J connectivity index is 0.000000785. The Morgan fingerprint density at radius 1 is 1.00 bits per heavy atom. The summed E-state index contributed by atoms with van der Waals surface area (Å²) in [5.41, 5.74) is 0.566. The molecule has 3 aromatic rings. The molecule has 0 saturated carbocycles. The lowest BCUT2D eigenvalue weighted by Crippen LogP contribution is -2.16. The van der Waals surface area contributed by atoms with Crippen LogP contribution < -0.4 is 14.6 Å². The van der Waals surface area contributed by atoms with E-state index in [4.69, 9.17) is 14.6 Å². The Bertz CT molecular complexity index is 1130. The van der Waals surface area contributed by atoms with Crippen LogP contribution in [-0.4, -0.2) is 19.3 Å². The molecule has 3 rings (SSSR count). The van der Waals surface area contributed by atoms with Crippen molar-refractivity contribution in [1.82, 2.24) is 0 Å². The lowest BCUT2D eigenvalue weighted by atomic mass is 10.2. The summed E-state index contributed by atoms with van der Waals surface area (Å²) in [4.78, 5) is 19.4. The lowest BCUT2D eigenvalue weighted by molar-refractivity contribution is -0.384. The summed E-state index contributed by atoms with van der Waals surface area (Å²) in [7, 11) is -3.74. The van der Waals surface area contributed by atoms with Crippen molar-refractivity contribution in [3.05, 3.63) is 94.5 Å². The van der Waals surface area contributed by atoms with E-state index >= 15 is 0 Å². The van der Waals surface area contributed by atoms with Crippen LogP contribution in [0.25, 0.3) is 0 Å². The number of carbonyl (C=O) groups excluding carboxylic acids is 1. The first-order valence-electron chi connectivity index (χ1n) is 8.89. The Labute approximate surface area is 179 Å². The molecule has 9 nitrogen and oxygen atoms in total. The van der Waals surface area contributed by atoms with Gasteiger partial charge in [0.1, 0.15) is 11.5 Å². The Morgan fingerprint density at radius 3 is 2.10 bits per heavy atom. The number of non-ortho nitro benzene ring substituents is 1. The third kappa shape index (κ3) is 8.15. The number of hydrogen-bond donors (Lipinski definition) is 1. The number of hydrogen-bond acceptors (Lipinski definition) is 7. The van der Waals surface area contributed by atoms with Gasteiger partial charge < -0.3 is 14.6 Å². The molecular weight excluding hydrogens is 424 g/mol. The highest BCUT2D eigenvalue weighted by Crippen LogP contribution is 2.31. The fourth-order valence-corrected chi connectivity index (χ4v) is 3.63. The van der Waals surface area contributed by atoms with Crippen LogP contribution >= 0.6 is 0 Å². The summed E-state index contributed by atoms with van der Waals surface area (Å²) in [6.45, 7) is 0.972. The predicted molar refractivity (Wildman–Crippen MR) is 113 cm³/mol. The average molecular weight is 443 g/mol. The number of nitro groups is 1. The number of carboxylic acids is 1. The minimum absolute atomic E-state index is 0.119. The molecule has 3 aromatic carbocycles. The van der Waals surface area contributed by atoms with Gasteiger partial charge in [-0.1, -0.05) is 36.4 Å². The minimum atomic E-state index is -3.74. The number of benzene rings is 3. The lowest BCUT2D eigenvalue weighted by Gasteiger charge is -2.13. The van der Waals surface area contributed by atoms with Crippen LogP contribution in [0.2, 0.25) is 0 Å². The molecular formula is C21H19N2O7S-. The van der Waals surface area contributed by atoms with Crippen LogP contribution in [0.5, 0.6) is 11.5 Å². The fourth-order valence-electron chi connectivity index (χ4n) is 2.41. The molecule has 0 atom stereocenters. The van der Waals surface area contributed by atoms with Crippen molar-refractivity contribution in [3.8, 4) is 11.5 Å². The molecule has 1 N–H and O–H groups in total. The summed E-state index contributed by atoms with van der Waals surface area (Å²) in [5, 5.41) is 20.0. The van der Waals surface area contributed by atoms with Gasteiger partial charge in [0.2, 0.25) is 10.0 Å². The molecule has 0 aromatic heterocycles. The van der Waals surface area contributed by atoms with Crippen LogP contribution in [0.3, 0.4) is 0 Å². The van der Waals surface area contributed by atoms with Gasteiger partial charge in [0.15, 0.2) is 0 Å². The highest BCUT2D eigenvalue weighted by Gasteiger charge is 2.19. The Kier molecular flexibility index (Phi) is 8.09. The normalized spacial score (nSPS) is 10.4. The summed E-state index contributed by atoms with van der Waals surface area (Å²) >= 11 is 0. The van der Waals surface area contributed by atoms with Gasteiger partial charge in [0.05, 0.1) is 16.7 Å². The molecule has 0 amide bonds. The minimum Gasteiger partial charge on any atom is -0.550 e. The van der Waals surface area contributed by atoms with Crippen molar-refractivity contribution < 1.29 is 28.0 Å². The molecule has 0 radical (unpaired) electrons. The standard InChI is InChI=1S/C19H16N2O5S.C2H4O2/c22-21(23)17-12-11-15(19(13-17)26-18-9-5-2-6-10-18)14-27(24,25)20-16-7-3-1-4-8-16;1-2(3)4/h1-13,20H,14H2;1H3,(H,3,4)/p-1. The van der Waals surface area contributed by atoms with Crippen molar-refractivity contribution in [2.45, 2.75) is 12.7 Å². The number of anilines is 1. The average Bonchev–Trinajstić information content (AvgIpc) is 2.70.